The van der Waals surface area contributed by atoms with Crippen LogP contribution in [0.15, 0.2) is 0 Å². The van der Waals surface area contributed by atoms with E-state index >= 15 is 0 Å². The van der Waals surface area contributed by atoms with Crippen LogP contribution in [0.2, 0.25) is 0 Å². The van der Waals surface area contributed by atoms with Crippen LogP contribution >= 0.6 is 0 Å². The van der Waals surface area contributed by atoms with Gasteiger partial charge in [-0.25, -0.2) is 0 Å². The molecule has 0 aromatic carbocycles. The molecule has 3 atom stereocenters. The SMILES string of the molecule is CC(NC(=O)[C@@H]1CCCCN1)C(C)C(=O)O. The Morgan fingerprint density at radius 3 is 2.56 bits per heavy atom. The van der Waals surface area contributed by atoms with Gasteiger partial charge in [0, 0.05) is 6.04 Å². The summed E-state index contributed by atoms with van der Waals surface area (Å²) in [6.45, 7) is 4.18. The first-order chi connectivity index (χ1) is 7.52. The molecule has 1 rings (SSSR count). The number of hydrogen-bond acceptors (Lipinski definition) is 3. The predicted molar refractivity (Wildman–Crippen MR) is 60.0 cm³/mol. The summed E-state index contributed by atoms with van der Waals surface area (Å²) in [5, 5.41) is 14.7. The van der Waals surface area contributed by atoms with Gasteiger partial charge >= 0.3 is 5.97 Å². The summed E-state index contributed by atoms with van der Waals surface area (Å²) in [6, 6.07) is -0.495. The van der Waals surface area contributed by atoms with E-state index in [0.717, 1.165) is 25.8 Å². The number of amides is 1. The summed E-state index contributed by atoms with van der Waals surface area (Å²) in [5.41, 5.74) is 0. The van der Waals surface area contributed by atoms with Crippen LogP contribution in [0.1, 0.15) is 33.1 Å². The minimum atomic E-state index is -0.885. The van der Waals surface area contributed by atoms with Crippen molar-refractivity contribution in [2.24, 2.45) is 5.92 Å². The number of nitrogens with one attached hydrogen (secondary N) is 2. The maximum absolute atomic E-state index is 11.8. The van der Waals surface area contributed by atoms with Gasteiger partial charge in [0.2, 0.25) is 5.91 Å². The topological polar surface area (TPSA) is 78.4 Å². The van der Waals surface area contributed by atoms with Crippen molar-refractivity contribution in [3.63, 3.8) is 0 Å². The minimum Gasteiger partial charge on any atom is -0.481 e. The van der Waals surface area contributed by atoms with Crippen LogP contribution in [0, 0.1) is 5.92 Å². The second-order valence-electron chi connectivity index (χ2n) is 4.43. The highest BCUT2D eigenvalue weighted by atomic mass is 16.4. The van der Waals surface area contributed by atoms with Crippen LogP contribution in [0.3, 0.4) is 0 Å². The number of rotatable bonds is 4. The molecule has 2 unspecified atom stereocenters. The van der Waals surface area contributed by atoms with Crippen molar-refractivity contribution in [1.82, 2.24) is 10.6 Å². The Hall–Kier alpha value is -1.10. The number of aliphatic carboxylic acids is 1. The average molecular weight is 228 g/mol. The van der Waals surface area contributed by atoms with E-state index in [1.165, 1.54) is 0 Å². The first-order valence-electron chi connectivity index (χ1n) is 5.79. The molecule has 5 nitrogen and oxygen atoms in total. The number of carboxylic acids is 1. The third kappa shape index (κ3) is 3.48. The Balaban J connectivity index is 2.40. The lowest BCUT2D eigenvalue weighted by molar-refractivity contribution is -0.142. The summed E-state index contributed by atoms with van der Waals surface area (Å²) in [7, 11) is 0. The second kappa shape index (κ2) is 5.84. The Kier molecular flexibility index (Phi) is 4.73. The first-order valence-corrected chi connectivity index (χ1v) is 5.79. The van der Waals surface area contributed by atoms with Crippen LogP contribution in [-0.2, 0) is 9.59 Å². The van der Waals surface area contributed by atoms with E-state index < -0.39 is 11.9 Å². The van der Waals surface area contributed by atoms with E-state index in [-0.39, 0.29) is 18.0 Å². The molecule has 0 aromatic heterocycles. The standard InChI is InChI=1S/C11H20N2O3/c1-7(11(15)16)8(2)13-10(14)9-5-3-4-6-12-9/h7-9,12H,3-6H2,1-2H3,(H,13,14)(H,15,16)/t7?,8?,9-/m0/s1. The molecule has 3 N–H and O–H groups in total. The van der Waals surface area contributed by atoms with Gasteiger partial charge in [-0.2, -0.15) is 0 Å². The molecular formula is C11H20N2O3. The molecule has 5 heteroatoms. The summed E-state index contributed by atoms with van der Waals surface area (Å²) in [4.78, 5) is 22.5. The predicted octanol–water partition coefficient (Wildman–Crippen LogP) is 0.354. The van der Waals surface area contributed by atoms with Crippen LogP contribution in [-0.4, -0.2) is 35.6 Å². The molecule has 0 bridgehead atoms. The van der Waals surface area contributed by atoms with Gasteiger partial charge in [-0.15, -0.1) is 0 Å². The van der Waals surface area contributed by atoms with Crippen molar-refractivity contribution in [3.05, 3.63) is 0 Å². The molecule has 0 aromatic rings. The summed E-state index contributed by atoms with van der Waals surface area (Å²) < 4.78 is 0. The van der Waals surface area contributed by atoms with E-state index in [1.54, 1.807) is 13.8 Å². The summed E-state index contributed by atoms with van der Waals surface area (Å²) in [5.74, 6) is -1.53. The van der Waals surface area contributed by atoms with Crippen molar-refractivity contribution < 1.29 is 14.7 Å². The molecule has 1 aliphatic rings. The Morgan fingerprint density at radius 2 is 2.06 bits per heavy atom. The van der Waals surface area contributed by atoms with E-state index in [0.29, 0.717) is 0 Å². The summed E-state index contributed by atoms with van der Waals surface area (Å²) in [6.07, 6.45) is 2.98. The fraction of sp³-hybridized carbons (Fsp3) is 0.818. The van der Waals surface area contributed by atoms with E-state index in [9.17, 15) is 9.59 Å². The molecule has 0 aliphatic carbocycles. The highest BCUT2D eigenvalue weighted by molar-refractivity contribution is 5.82. The van der Waals surface area contributed by atoms with Gasteiger partial charge < -0.3 is 15.7 Å². The normalized spacial score (nSPS) is 24.5. The molecule has 0 radical (unpaired) electrons. The number of piperidine rings is 1. The molecule has 1 heterocycles. The van der Waals surface area contributed by atoms with Crippen molar-refractivity contribution >= 4 is 11.9 Å². The fourth-order valence-corrected chi connectivity index (χ4v) is 1.74. The maximum atomic E-state index is 11.8. The monoisotopic (exact) mass is 228 g/mol. The number of carbonyl (C=O) groups is 2. The Morgan fingerprint density at radius 1 is 1.38 bits per heavy atom. The average Bonchev–Trinajstić information content (AvgIpc) is 2.28. The van der Waals surface area contributed by atoms with Gasteiger partial charge in [-0.3, -0.25) is 9.59 Å². The molecular weight excluding hydrogens is 208 g/mol. The molecule has 0 saturated carbocycles. The largest absolute Gasteiger partial charge is 0.481 e. The number of carboxylic acid groups (broad SMARTS) is 1. The number of hydrogen-bond donors (Lipinski definition) is 3. The second-order valence-corrected chi connectivity index (χ2v) is 4.43. The third-order valence-electron chi connectivity index (χ3n) is 3.14. The maximum Gasteiger partial charge on any atom is 0.308 e. The van der Waals surface area contributed by atoms with Crippen LogP contribution in [0.25, 0.3) is 0 Å². The molecule has 92 valence electrons. The zero-order valence-electron chi connectivity index (χ0n) is 9.82. The third-order valence-corrected chi connectivity index (χ3v) is 3.14. The van der Waals surface area contributed by atoms with Gasteiger partial charge in [-0.1, -0.05) is 6.42 Å². The highest BCUT2D eigenvalue weighted by Gasteiger charge is 2.25. The molecule has 1 saturated heterocycles. The van der Waals surface area contributed by atoms with Crippen LogP contribution < -0.4 is 10.6 Å². The van der Waals surface area contributed by atoms with E-state index in [2.05, 4.69) is 10.6 Å². The van der Waals surface area contributed by atoms with Crippen LogP contribution in [0.5, 0.6) is 0 Å². The molecule has 16 heavy (non-hydrogen) atoms. The highest BCUT2D eigenvalue weighted by Crippen LogP contribution is 2.08. The lowest BCUT2D eigenvalue weighted by atomic mass is 10.0. The lowest BCUT2D eigenvalue weighted by Gasteiger charge is -2.25. The smallest absolute Gasteiger partial charge is 0.308 e. The molecule has 1 aliphatic heterocycles. The molecule has 1 fully saturated rings. The fourth-order valence-electron chi connectivity index (χ4n) is 1.74. The zero-order chi connectivity index (χ0) is 12.1. The summed E-state index contributed by atoms with van der Waals surface area (Å²) >= 11 is 0. The Labute approximate surface area is 95.6 Å². The molecule has 1 amide bonds. The lowest BCUT2D eigenvalue weighted by Crippen LogP contribution is -2.51. The van der Waals surface area contributed by atoms with Crippen molar-refractivity contribution in [2.75, 3.05) is 6.54 Å². The molecule has 0 spiro atoms. The minimum absolute atomic E-state index is 0.0831. The quantitative estimate of drug-likeness (QED) is 0.649. The van der Waals surface area contributed by atoms with Gasteiger partial charge in [0.1, 0.15) is 0 Å². The van der Waals surface area contributed by atoms with Crippen LogP contribution in [0.4, 0.5) is 0 Å². The zero-order valence-corrected chi connectivity index (χ0v) is 9.82. The van der Waals surface area contributed by atoms with Gasteiger partial charge in [0.15, 0.2) is 0 Å². The first kappa shape index (κ1) is 13.0. The van der Waals surface area contributed by atoms with Crippen molar-refractivity contribution in [1.29, 1.82) is 0 Å². The van der Waals surface area contributed by atoms with Gasteiger partial charge in [0.05, 0.1) is 12.0 Å². The van der Waals surface area contributed by atoms with E-state index in [1.807, 2.05) is 0 Å². The number of carbonyl (C=O) groups excluding carboxylic acids is 1. The van der Waals surface area contributed by atoms with Gasteiger partial charge in [-0.05, 0) is 33.2 Å². The van der Waals surface area contributed by atoms with Crippen molar-refractivity contribution in [2.45, 2.75) is 45.2 Å². The van der Waals surface area contributed by atoms with Gasteiger partial charge in [0.25, 0.3) is 0 Å². The Bertz CT molecular complexity index is 262. The van der Waals surface area contributed by atoms with E-state index in [4.69, 9.17) is 5.11 Å². The van der Waals surface area contributed by atoms with Crippen molar-refractivity contribution in [3.8, 4) is 0 Å².